The van der Waals surface area contributed by atoms with Crippen molar-refractivity contribution < 1.29 is 14.3 Å². The van der Waals surface area contributed by atoms with Crippen LogP contribution < -0.4 is 0 Å². The van der Waals surface area contributed by atoms with Crippen molar-refractivity contribution in [1.29, 1.82) is 0 Å². The van der Waals surface area contributed by atoms with Crippen LogP contribution in [-0.2, 0) is 9.47 Å². The average Bonchev–Trinajstić information content (AvgIpc) is 3.33. The number of fused-ring (bicyclic) bond motifs is 3. The molecule has 0 amide bonds. The van der Waals surface area contributed by atoms with Crippen molar-refractivity contribution in [2.24, 2.45) is 0 Å². The number of hydrogen-bond donors (Lipinski definition) is 0. The first-order valence-electron chi connectivity index (χ1n) is 9.81. The fraction of sp³-hybridized carbons (Fsp3) is 0.571. The molecule has 5 nitrogen and oxygen atoms in total. The lowest BCUT2D eigenvalue weighted by Crippen LogP contribution is -2.43. The summed E-state index contributed by atoms with van der Waals surface area (Å²) in [7, 11) is 2.21. The minimum absolute atomic E-state index is 0.0492. The van der Waals surface area contributed by atoms with Crippen molar-refractivity contribution in [2.75, 3.05) is 20.3 Å². The van der Waals surface area contributed by atoms with Crippen LogP contribution in [0.1, 0.15) is 48.5 Å². The maximum atomic E-state index is 13.0. The number of piperidine rings is 1. The Morgan fingerprint density at radius 1 is 1.12 bits per heavy atom. The minimum atomic E-state index is -0.173. The first-order chi connectivity index (χ1) is 12.7. The van der Waals surface area contributed by atoms with Gasteiger partial charge in [-0.25, -0.2) is 4.79 Å². The van der Waals surface area contributed by atoms with Gasteiger partial charge in [-0.3, -0.25) is 0 Å². The molecule has 5 heteroatoms. The summed E-state index contributed by atoms with van der Waals surface area (Å²) in [5.74, 6) is -0.173. The van der Waals surface area contributed by atoms with Crippen molar-refractivity contribution in [2.45, 2.75) is 56.3 Å². The van der Waals surface area contributed by atoms with Crippen LogP contribution in [0, 0.1) is 0 Å². The van der Waals surface area contributed by atoms with Gasteiger partial charge in [0.2, 0.25) is 0 Å². The SMILES string of the molecule is CN1[C@@H]2CC[C@H]1CC(OC(=O)c1cn([C@H]3CCOC3)c3ccccc13)C2. The van der Waals surface area contributed by atoms with E-state index in [0.717, 1.165) is 36.8 Å². The Kier molecular flexibility index (Phi) is 4.02. The van der Waals surface area contributed by atoms with Gasteiger partial charge in [-0.2, -0.15) is 0 Å². The van der Waals surface area contributed by atoms with E-state index in [1.54, 1.807) is 0 Å². The molecule has 1 aromatic carbocycles. The van der Waals surface area contributed by atoms with E-state index < -0.39 is 0 Å². The maximum Gasteiger partial charge on any atom is 0.340 e. The van der Waals surface area contributed by atoms with Gasteiger partial charge >= 0.3 is 5.97 Å². The Morgan fingerprint density at radius 3 is 2.62 bits per heavy atom. The van der Waals surface area contributed by atoms with E-state index in [4.69, 9.17) is 9.47 Å². The van der Waals surface area contributed by atoms with Gasteiger partial charge in [-0.1, -0.05) is 18.2 Å². The summed E-state index contributed by atoms with van der Waals surface area (Å²) >= 11 is 0. The maximum absolute atomic E-state index is 13.0. The van der Waals surface area contributed by atoms with E-state index >= 15 is 0 Å². The summed E-state index contributed by atoms with van der Waals surface area (Å²) in [6, 6.07) is 9.58. The lowest BCUT2D eigenvalue weighted by molar-refractivity contribution is -0.000291. The number of para-hydroxylation sites is 1. The molecule has 4 atom stereocenters. The van der Waals surface area contributed by atoms with E-state index in [-0.39, 0.29) is 12.1 Å². The van der Waals surface area contributed by atoms with Crippen LogP contribution in [0.15, 0.2) is 30.5 Å². The van der Waals surface area contributed by atoms with E-state index in [9.17, 15) is 4.79 Å². The molecule has 1 unspecified atom stereocenters. The average molecular weight is 354 g/mol. The summed E-state index contributed by atoms with van der Waals surface area (Å²) in [4.78, 5) is 15.5. The van der Waals surface area contributed by atoms with Crippen molar-refractivity contribution in [3.8, 4) is 0 Å². The largest absolute Gasteiger partial charge is 0.459 e. The monoisotopic (exact) mass is 354 g/mol. The predicted octanol–water partition coefficient (Wildman–Crippen LogP) is 3.38. The number of nitrogens with zero attached hydrogens (tertiary/aromatic N) is 2. The second-order valence-electron chi connectivity index (χ2n) is 8.03. The topological polar surface area (TPSA) is 43.7 Å². The zero-order chi connectivity index (χ0) is 17.7. The number of hydrogen-bond acceptors (Lipinski definition) is 4. The van der Waals surface area contributed by atoms with Gasteiger partial charge in [0.25, 0.3) is 0 Å². The minimum Gasteiger partial charge on any atom is -0.459 e. The Bertz CT molecular complexity index is 810. The molecule has 1 aromatic heterocycles. The Labute approximate surface area is 153 Å². The Hall–Kier alpha value is -1.85. The van der Waals surface area contributed by atoms with Crippen molar-refractivity contribution in [3.63, 3.8) is 0 Å². The summed E-state index contributed by atoms with van der Waals surface area (Å²) in [5.41, 5.74) is 1.79. The van der Waals surface area contributed by atoms with E-state index in [0.29, 0.717) is 30.3 Å². The fourth-order valence-corrected chi connectivity index (χ4v) is 5.08. The second kappa shape index (κ2) is 6.39. The first kappa shape index (κ1) is 16.3. The highest BCUT2D eigenvalue weighted by molar-refractivity contribution is 6.04. The smallest absolute Gasteiger partial charge is 0.340 e. The molecule has 2 aromatic rings. The van der Waals surface area contributed by atoms with Gasteiger partial charge < -0.3 is 18.9 Å². The number of carbonyl (C=O) groups is 1. The standard InChI is InChI=1S/C21H26N2O3/c1-22-14-6-7-15(22)11-17(10-14)26-21(24)19-12-23(16-8-9-25-13-16)20-5-3-2-4-18(19)20/h2-5,12,14-17H,6-11,13H2,1H3/t14-,15+,16-,17?/m0/s1. The fourth-order valence-electron chi connectivity index (χ4n) is 5.08. The summed E-state index contributed by atoms with van der Waals surface area (Å²) < 4.78 is 13.7. The number of esters is 1. The molecular formula is C21H26N2O3. The third-order valence-electron chi connectivity index (χ3n) is 6.59. The van der Waals surface area contributed by atoms with Crippen molar-refractivity contribution in [1.82, 2.24) is 9.47 Å². The van der Waals surface area contributed by atoms with Gasteiger partial charge in [0.05, 0.1) is 18.2 Å². The lowest BCUT2D eigenvalue weighted by Gasteiger charge is -2.35. The summed E-state index contributed by atoms with van der Waals surface area (Å²) in [6.45, 7) is 1.50. The Balaban J connectivity index is 1.41. The van der Waals surface area contributed by atoms with Gasteiger partial charge in [-0.15, -0.1) is 0 Å². The molecular weight excluding hydrogens is 328 g/mol. The number of carbonyl (C=O) groups excluding carboxylic acids is 1. The van der Waals surface area contributed by atoms with Gasteiger partial charge in [0.15, 0.2) is 0 Å². The van der Waals surface area contributed by atoms with Crippen LogP contribution in [-0.4, -0.2) is 53.9 Å². The Morgan fingerprint density at radius 2 is 1.88 bits per heavy atom. The molecule has 0 saturated carbocycles. The molecule has 3 aliphatic heterocycles. The van der Waals surface area contributed by atoms with Crippen molar-refractivity contribution in [3.05, 3.63) is 36.0 Å². The molecule has 138 valence electrons. The highest BCUT2D eigenvalue weighted by Gasteiger charge is 2.40. The van der Waals surface area contributed by atoms with Crippen molar-refractivity contribution >= 4 is 16.9 Å². The van der Waals surface area contributed by atoms with Crippen LogP contribution in [0.3, 0.4) is 0 Å². The van der Waals surface area contributed by atoms with Crippen LogP contribution >= 0.6 is 0 Å². The van der Waals surface area contributed by atoms with Crippen LogP contribution in [0.5, 0.6) is 0 Å². The zero-order valence-corrected chi connectivity index (χ0v) is 15.3. The molecule has 4 heterocycles. The van der Waals surface area contributed by atoms with Gasteiger partial charge in [0, 0.05) is 48.6 Å². The van der Waals surface area contributed by atoms with E-state index in [1.807, 2.05) is 24.4 Å². The molecule has 3 saturated heterocycles. The van der Waals surface area contributed by atoms with Crippen LogP contribution in [0.2, 0.25) is 0 Å². The third kappa shape index (κ3) is 2.65. The van der Waals surface area contributed by atoms with Crippen LogP contribution in [0.4, 0.5) is 0 Å². The molecule has 0 N–H and O–H groups in total. The van der Waals surface area contributed by atoms with E-state index in [1.165, 1.54) is 12.8 Å². The highest BCUT2D eigenvalue weighted by atomic mass is 16.5. The number of benzene rings is 1. The molecule has 0 aliphatic carbocycles. The molecule has 3 aliphatic rings. The lowest BCUT2D eigenvalue weighted by atomic mass is 10.0. The molecule has 2 bridgehead atoms. The molecule has 5 rings (SSSR count). The molecule has 3 fully saturated rings. The second-order valence-corrected chi connectivity index (χ2v) is 8.03. The van der Waals surface area contributed by atoms with Gasteiger partial charge in [-0.05, 0) is 32.4 Å². The normalized spacial score (nSPS) is 31.6. The number of ether oxygens (including phenoxy) is 2. The summed E-state index contributed by atoms with van der Waals surface area (Å²) in [6.07, 6.45) is 7.42. The van der Waals surface area contributed by atoms with Crippen LogP contribution in [0.25, 0.3) is 10.9 Å². The molecule has 26 heavy (non-hydrogen) atoms. The number of rotatable bonds is 3. The predicted molar refractivity (Wildman–Crippen MR) is 99.4 cm³/mol. The van der Waals surface area contributed by atoms with Gasteiger partial charge in [0.1, 0.15) is 6.10 Å². The summed E-state index contributed by atoms with van der Waals surface area (Å²) in [5, 5.41) is 0.986. The third-order valence-corrected chi connectivity index (χ3v) is 6.59. The molecule has 0 radical (unpaired) electrons. The number of aromatic nitrogens is 1. The zero-order valence-electron chi connectivity index (χ0n) is 15.3. The quantitative estimate of drug-likeness (QED) is 0.793. The first-order valence-corrected chi connectivity index (χ1v) is 9.81. The highest BCUT2D eigenvalue weighted by Crippen LogP contribution is 2.36. The van der Waals surface area contributed by atoms with E-state index in [2.05, 4.69) is 22.6 Å². The molecule has 0 spiro atoms.